The van der Waals surface area contributed by atoms with Gasteiger partial charge in [-0.3, -0.25) is 0 Å². The Bertz CT molecular complexity index is 363. The molecule has 1 aromatic carbocycles. The van der Waals surface area contributed by atoms with Gasteiger partial charge in [-0.15, -0.1) is 0 Å². The summed E-state index contributed by atoms with van der Waals surface area (Å²) in [6, 6.07) is 5.22. The van der Waals surface area contributed by atoms with E-state index in [9.17, 15) is 13.0 Å². The van der Waals surface area contributed by atoms with Crippen LogP contribution in [0.15, 0.2) is 29.2 Å². The van der Waals surface area contributed by atoms with Crippen LogP contribution in [0.25, 0.3) is 0 Å². The Balaban J connectivity index is 0.00000121. The normalized spacial score (nSPS) is 10.5. The van der Waals surface area contributed by atoms with E-state index in [1.165, 1.54) is 18.2 Å². The predicted molar refractivity (Wildman–Crippen MR) is 39.4 cm³/mol. The fraction of sp³-hybridized carbons (Fsp3) is 0. The Morgan fingerprint density at radius 1 is 1.33 bits per heavy atom. The van der Waals surface area contributed by atoms with E-state index in [0.29, 0.717) is 0 Å². The second kappa shape index (κ2) is 4.55. The molecule has 0 atom stereocenters. The smallest absolute Gasteiger partial charge is 0.744 e. The Kier molecular flexibility index (Phi) is 4.69. The van der Waals surface area contributed by atoms with Gasteiger partial charge in [-0.2, -0.15) is 0 Å². The van der Waals surface area contributed by atoms with E-state index < -0.39 is 10.1 Å². The van der Waals surface area contributed by atoms with Gasteiger partial charge in [-0.05, 0) is 18.2 Å². The van der Waals surface area contributed by atoms with Gasteiger partial charge >= 0.3 is 27.7 Å². The minimum absolute atomic E-state index is 0. The minimum Gasteiger partial charge on any atom is -0.744 e. The largest absolute Gasteiger partial charge is 1.00 e. The SMILES string of the molecule is O=S(=O)([O-])c1cccc(Cl)c1.[Hg+]. The summed E-state index contributed by atoms with van der Waals surface area (Å²) in [5.41, 5.74) is 0. The second-order valence-electron chi connectivity index (χ2n) is 1.91. The molecule has 0 unspecified atom stereocenters. The van der Waals surface area contributed by atoms with Gasteiger partial charge in [-0.25, -0.2) is 8.42 Å². The van der Waals surface area contributed by atoms with Crippen LogP contribution in [-0.4, -0.2) is 13.0 Å². The van der Waals surface area contributed by atoms with Crippen molar-refractivity contribution in [2.24, 2.45) is 0 Å². The molecule has 0 amide bonds. The molecule has 0 aliphatic rings. The molecule has 0 fully saturated rings. The summed E-state index contributed by atoms with van der Waals surface area (Å²) in [7, 11) is -4.36. The molecule has 0 saturated heterocycles. The van der Waals surface area contributed by atoms with Gasteiger partial charge in [0.2, 0.25) is 0 Å². The first-order chi connectivity index (χ1) is 5.00. The molecule has 0 saturated carbocycles. The van der Waals surface area contributed by atoms with Gasteiger partial charge in [0.05, 0.1) is 4.90 Å². The molecule has 0 aromatic heterocycles. The summed E-state index contributed by atoms with van der Waals surface area (Å²) >= 11 is 5.45. The quantitative estimate of drug-likeness (QED) is 0.534. The number of benzene rings is 1. The third-order valence-corrected chi connectivity index (χ3v) is 2.15. The topological polar surface area (TPSA) is 57.2 Å². The molecule has 0 heterocycles. The standard InChI is InChI=1S/C6H5ClO3S.Hg/c7-5-2-1-3-6(4-5)11(8,9)10;/h1-4H,(H,8,9,10);/q;+1/p-1. The second-order valence-corrected chi connectivity index (χ2v) is 3.73. The molecule has 1 radical (unpaired) electrons. The van der Waals surface area contributed by atoms with Crippen LogP contribution >= 0.6 is 11.6 Å². The molecule has 0 aliphatic heterocycles. The zero-order valence-electron chi connectivity index (χ0n) is 6.03. The molecular weight excluding hydrogens is 388 g/mol. The Labute approximate surface area is 96.0 Å². The van der Waals surface area contributed by atoms with Crippen molar-refractivity contribution in [2.45, 2.75) is 4.90 Å². The van der Waals surface area contributed by atoms with Crippen molar-refractivity contribution in [1.82, 2.24) is 0 Å². The van der Waals surface area contributed by atoms with E-state index in [4.69, 9.17) is 11.6 Å². The van der Waals surface area contributed by atoms with Crippen molar-refractivity contribution >= 4 is 21.7 Å². The van der Waals surface area contributed by atoms with E-state index in [0.717, 1.165) is 6.07 Å². The van der Waals surface area contributed by atoms with Crippen molar-refractivity contribution in [3.05, 3.63) is 29.3 Å². The third kappa shape index (κ3) is 3.39. The molecule has 1 rings (SSSR count). The van der Waals surface area contributed by atoms with Crippen molar-refractivity contribution in [3.63, 3.8) is 0 Å². The molecule has 1 aromatic rings. The summed E-state index contributed by atoms with van der Waals surface area (Å²) in [5.74, 6) is 0. The van der Waals surface area contributed by atoms with Gasteiger partial charge < -0.3 is 4.55 Å². The molecule has 6 heteroatoms. The van der Waals surface area contributed by atoms with Crippen LogP contribution < -0.4 is 0 Å². The summed E-state index contributed by atoms with van der Waals surface area (Å²) in [5, 5.41) is 0.238. The van der Waals surface area contributed by atoms with Crippen molar-refractivity contribution in [2.75, 3.05) is 0 Å². The molecule has 0 bridgehead atoms. The Morgan fingerprint density at radius 2 is 1.92 bits per heavy atom. The van der Waals surface area contributed by atoms with Crippen LogP contribution in [0.2, 0.25) is 5.02 Å². The molecular formula is C6H4ClHgO3S. The van der Waals surface area contributed by atoms with Gasteiger partial charge in [0.25, 0.3) is 0 Å². The number of halogens is 1. The summed E-state index contributed by atoms with van der Waals surface area (Å²) < 4.78 is 31.1. The fourth-order valence-electron chi connectivity index (χ4n) is 0.623. The Hall–Kier alpha value is 0.355. The van der Waals surface area contributed by atoms with Crippen LogP contribution in [0.4, 0.5) is 0 Å². The number of rotatable bonds is 1. The van der Waals surface area contributed by atoms with Crippen LogP contribution in [0, 0.1) is 0 Å². The first-order valence-corrected chi connectivity index (χ1v) is 4.50. The van der Waals surface area contributed by atoms with Crippen molar-refractivity contribution in [1.29, 1.82) is 0 Å². The molecule has 0 aliphatic carbocycles. The van der Waals surface area contributed by atoms with E-state index in [1.807, 2.05) is 0 Å². The van der Waals surface area contributed by atoms with Crippen LogP contribution in [-0.2, 0) is 37.8 Å². The average Bonchev–Trinajstić information content (AvgIpc) is 1.86. The summed E-state index contributed by atoms with van der Waals surface area (Å²) in [4.78, 5) is -0.301. The molecule has 3 nitrogen and oxygen atoms in total. The molecule has 0 N–H and O–H groups in total. The number of hydrogen-bond donors (Lipinski definition) is 0. The van der Waals surface area contributed by atoms with E-state index in [1.54, 1.807) is 0 Å². The first kappa shape index (κ1) is 12.4. The van der Waals surface area contributed by atoms with Crippen molar-refractivity contribution in [3.8, 4) is 0 Å². The number of hydrogen-bond acceptors (Lipinski definition) is 3. The summed E-state index contributed by atoms with van der Waals surface area (Å²) in [6.07, 6.45) is 0. The van der Waals surface area contributed by atoms with E-state index in [2.05, 4.69) is 0 Å². The predicted octanol–water partition coefficient (Wildman–Crippen LogP) is 1.24. The van der Waals surface area contributed by atoms with E-state index >= 15 is 0 Å². The van der Waals surface area contributed by atoms with Gasteiger partial charge in [-0.1, -0.05) is 17.7 Å². The summed E-state index contributed by atoms with van der Waals surface area (Å²) in [6.45, 7) is 0. The van der Waals surface area contributed by atoms with Crippen LogP contribution in [0.5, 0.6) is 0 Å². The fourth-order valence-corrected chi connectivity index (χ4v) is 1.39. The Morgan fingerprint density at radius 3 is 2.25 bits per heavy atom. The molecule has 61 valence electrons. The van der Waals surface area contributed by atoms with Crippen molar-refractivity contribution < 1.29 is 40.6 Å². The van der Waals surface area contributed by atoms with Crippen LogP contribution in [0.1, 0.15) is 0 Å². The van der Waals surface area contributed by atoms with Crippen LogP contribution in [0.3, 0.4) is 0 Å². The average molecular weight is 392 g/mol. The van der Waals surface area contributed by atoms with Gasteiger partial charge in [0, 0.05) is 5.02 Å². The zero-order chi connectivity index (χ0) is 8.48. The molecule has 12 heavy (non-hydrogen) atoms. The maximum absolute atomic E-state index is 10.4. The maximum Gasteiger partial charge on any atom is 1.00 e. The van der Waals surface area contributed by atoms with Gasteiger partial charge in [0.15, 0.2) is 0 Å². The maximum atomic E-state index is 10.4. The minimum atomic E-state index is -4.36. The third-order valence-electron chi connectivity index (χ3n) is 1.08. The van der Waals surface area contributed by atoms with Gasteiger partial charge in [0.1, 0.15) is 10.1 Å². The monoisotopic (exact) mass is 393 g/mol. The molecule has 0 spiro atoms. The zero-order valence-corrected chi connectivity index (χ0v) is 13.1. The van der Waals surface area contributed by atoms with E-state index in [-0.39, 0.29) is 37.6 Å². The first-order valence-electron chi connectivity index (χ1n) is 2.71.